The van der Waals surface area contributed by atoms with E-state index in [-0.39, 0.29) is 43.6 Å². The molecular weight excluding hydrogens is 464 g/mol. The maximum atomic E-state index is 13.3. The van der Waals surface area contributed by atoms with E-state index < -0.39 is 18.0 Å². The molecule has 2 heterocycles. The zero-order valence-electron chi connectivity index (χ0n) is 20.8. The summed E-state index contributed by atoms with van der Waals surface area (Å²) in [7, 11) is 1.55. The maximum Gasteiger partial charge on any atom is 0.321 e. The highest BCUT2D eigenvalue weighted by atomic mass is 16.5. The van der Waals surface area contributed by atoms with Gasteiger partial charge in [0.15, 0.2) is 0 Å². The summed E-state index contributed by atoms with van der Waals surface area (Å²) in [5.74, 6) is -0.0500. The highest BCUT2D eigenvalue weighted by molar-refractivity contribution is 5.94. The van der Waals surface area contributed by atoms with Crippen LogP contribution in [0.25, 0.3) is 0 Å². The molecule has 1 aliphatic carbocycles. The molecule has 4 rings (SSSR count). The normalized spacial score (nSPS) is 22.9. The minimum atomic E-state index is -0.909. The van der Waals surface area contributed by atoms with Crippen molar-refractivity contribution in [1.82, 2.24) is 25.8 Å². The first kappa shape index (κ1) is 25.6. The Morgan fingerprint density at radius 3 is 2.56 bits per heavy atom. The van der Waals surface area contributed by atoms with Crippen LogP contribution in [0.5, 0.6) is 5.75 Å². The van der Waals surface area contributed by atoms with E-state index >= 15 is 0 Å². The maximum absolute atomic E-state index is 13.3. The van der Waals surface area contributed by atoms with Gasteiger partial charge in [0, 0.05) is 37.4 Å². The number of rotatable bonds is 5. The summed E-state index contributed by atoms with van der Waals surface area (Å²) in [5.41, 5.74) is 0.566. The Morgan fingerprint density at radius 1 is 1.00 bits per heavy atom. The third-order valence-corrected chi connectivity index (χ3v) is 7.09. The summed E-state index contributed by atoms with van der Waals surface area (Å²) in [6, 6.07) is 4.87. The van der Waals surface area contributed by atoms with Crippen LogP contribution in [0, 0.1) is 0 Å². The van der Waals surface area contributed by atoms with Crippen molar-refractivity contribution in [2.45, 2.75) is 63.1 Å². The SMILES string of the molecule is COc1cccc(NC(=O)N2CCN(C(=O)NC3CCCCC3)C(C(=O)NC3CCCNC3=O)C2)c1. The Morgan fingerprint density at radius 2 is 1.81 bits per heavy atom. The number of anilines is 1. The Kier molecular flexibility index (Phi) is 8.50. The van der Waals surface area contributed by atoms with Crippen LogP contribution in [0.3, 0.4) is 0 Å². The molecule has 3 fully saturated rings. The third-order valence-electron chi connectivity index (χ3n) is 7.09. The van der Waals surface area contributed by atoms with Crippen LogP contribution in [0.4, 0.5) is 15.3 Å². The van der Waals surface area contributed by atoms with Crippen LogP contribution in [0.2, 0.25) is 0 Å². The van der Waals surface area contributed by atoms with Crippen LogP contribution >= 0.6 is 0 Å². The summed E-state index contributed by atoms with van der Waals surface area (Å²) in [6.45, 7) is 1.09. The Hall–Kier alpha value is -3.50. The van der Waals surface area contributed by atoms with Gasteiger partial charge >= 0.3 is 12.1 Å². The summed E-state index contributed by atoms with van der Waals surface area (Å²) >= 11 is 0. The number of amides is 6. The Labute approximate surface area is 211 Å². The summed E-state index contributed by atoms with van der Waals surface area (Å²) in [5, 5.41) is 11.5. The topological polar surface area (TPSA) is 132 Å². The predicted molar refractivity (Wildman–Crippen MR) is 134 cm³/mol. The summed E-state index contributed by atoms with van der Waals surface area (Å²) in [4.78, 5) is 54.8. The predicted octanol–water partition coefficient (Wildman–Crippen LogP) is 1.65. The largest absolute Gasteiger partial charge is 0.497 e. The molecule has 2 unspecified atom stereocenters. The van der Waals surface area contributed by atoms with E-state index in [0.29, 0.717) is 24.4 Å². The summed E-state index contributed by atoms with van der Waals surface area (Å²) < 4.78 is 5.21. The van der Waals surface area contributed by atoms with Gasteiger partial charge in [-0.15, -0.1) is 0 Å². The van der Waals surface area contributed by atoms with Gasteiger partial charge in [0.1, 0.15) is 17.8 Å². The number of hydrogen-bond donors (Lipinski definition) is 4. The fourth-order valence-corrected chi connectivity index (χ4v) is 5.02. The van der Waals surface area contributed by atoms with Crippen LogP contribution in [0.15, 0.2) is 24.3 Å². The van der Waals surface area contributed by atoms with Crippen LogP contribution in [0.1, 0.15) is 44.9 Å². The lowest BCUT2D eigenvalue weighted by Crippen LogP contribution is -2.65. The third kappa shape index (κ3) is 6.38. The number of benzene rings is 1. The molecule has 1 saturated carbocycles. The highest BCUT2D eigenvalue weighted by Gasteiger charge is 2.39. The Balaban J connectivity index is 1.45. The number of piperazine rings is 1. The van der Waals surface area contributed by atoms with Crippen molar-refractivity contribution < 1.29 is 23.9 Å². The van der Waals surface area contributed by atoms with E-state index in [1.165, 1.54) is 16.2 Å². The Bertz CT molecular complexity index is 966. The number of nitrogens with one attached hydrogen (secondary N) is 4. The van der Waals surface area contributed by atoms with Gasteiger partial charge in [0.2, 0.25) is 11.8 Å². The van der Waals surface area contributed by atoms with Gasteiger partial charge in [0.05, 0.1) is 13.7 Å². The molecule has 6 amide bonds. The monoisotopic (exact) mass is 500 g/mol. The van der Waals surface area contributed by atoms with Gasteiger partial charge in [-0.2, -0.15) is 0 Å². The van der Waals surface area contributed by atoms with Crippen molar-refractivity contribution in [3.05, 3.63) is 24.3 Å². The van der Waals surface area contributed by atoms with Crippen molar-refractivity contribution in [3.63, 3.8) is 0 Å². The lowest BCUT2D eigenvalue weighted by Gasteiger charge is -2.41. The van der Waals surface area contributed by atoms with E-state index in [0.717, 1.165) is 32.1 Å². The van der Waals surface area contributed by atoms with Crippen LogP contribution < -0.4 is 26.0 Å². The van der Waals surface area contributed by atoms with Crippen LogP contribution in [-0.2, 0) is 9.59 Å². The highest BCUT2D eigenvalue weighted by Crippen LogP contribution is 2.20. The second-order valence-electron chi connectivity index (χ2n) is 9.60. The second-order valence-corrected chi connectivity index (χ2v) is 9.60. The van der Waals surface area contributed by atoms with E-state index in [1.807, 2.05) is 0 Å². The van der Waals surface area contributed by atoms with Gasteiger partial charge in [-0.3, -0.25) is 9.59 Å². The minimum Gasteiger partial charge on any atom is -0.497 e. The molecule has 0 aromatic heterocycles. The van der Waals surface area contributed by atoms with Crippen molar-refractivity contribution in [3.8, 4) is 5.75 Å². The van der Waals surface area contributed by atoms with E-state index in [1.54, 1.807) is 31.4 Å². The number of urea groups is 2. The fourth-order valence-electron chi connectivity index (χ4n) is 5.02. The van der Waals surface area contributed by atoms with Crippen molar-refractivity contribution in [2.75, 3.05) is 38.6 Å². The van der Waals surface area contributed by atoms with Crippen molar-refractivity contribution >= 4 is 29.6 Å². The fraction of sp³-hybridized carbons (Fsp3) is 0.600. The van der Waals surface area contributed by atoms with Gasteiger partial charge < -0.3 is 35.8 Å². The number of nitrogens with zero attached hydrogens (tertiary/aromatic N) is 2. The van der Waals surface area contributed by atoms with Crippen molar-refractivity contribution in [2.24, 2.45) is 0 Å². The molecule has 11 nitrogen and oxygen atoms in total. The average Bonchev–Trinajstić information content (AvgIpc) is 2.90. The first-order valence-corrected chi connectivity index (χ1v) is 12.8. The number of ether oxygens (including phenoxy) is 1. The molecule has 11 heteroatoms. The number of carbonyl (C=O) groups excluding carboxylic acids is 4. The molecule has 2 saturated heterocycles. The number of piperidine rings is 1. The van der Waals surface area contributed by atoms with E-state index in [2.05, 4.69) is 21.3 Å². The van der Waals surface area contributed by atoms with Gasteiger partial charge in [-0.05, 0) is 37.8 Å². The smallest absolute Gasteiger partial charge is 0.321 e. The van der Waals surface area contributed by atoms with Gasteiger partial charge in [0.25, 0.3) is 0 Å². The first-order valence-electron chi connectivity index (χ1n) is 12.8. The quantitative estimate of drug-likeness (QED) is 0.488. The van der Waals surface area contributed by atoms with Gasteiger partial charge in [-0.1, -0.05) is 25.3 Å². The summed E-state index contributed by atoms with van der Waals surface area (Å²) in [6.07, 6.45) is 6.47. The number of carbonyl (C=O) groups is 4. The van der Waals surface area contributed by atoms with Gasteiger partial charge in [-0.25, -0.2) is 9.59 Å². The standard InChI is InChI=1S/C25H36N6O5/c1-36-19-10-5-9-18(15-19)28-24(34)30-13-14-31(25(35)27-17-7-3-2-4-8-17)21(16-30)23(33)29-20-11-6-12-26-22(20)32/h5,9-10,15,17,20-21H,2-4,6-8,11-14,16H2,1H3,(H,26,32)(H,27,35)(H,28,34)(H,29,33). The number of methoxy groups -OCH3 is 1. The zero-order valence-corrected chi connectivity index (χ0v) is 20.8. The molecule has 2 aliphatic heterocycles. The second kappa shape index (κ2) is 12.0. The molecule has 2 atom stereocenters. The molecule has 1 aromatic rings. The molecule has 3 aliphatic rings. The zero-order chi connectivity index (χ0) is 25.5. The molecule has 0 radical (unpaired) electrons. The average molecular weight is 501 g/mol. The molecule has 0 spiro atoms. The first-order chi connectivity index (χ1) is 17.4. The van der Waals surface area contributed by atoms with E-state index in [9.17, 15) is 19.2 Å². The van der Waals surface area contributed by atoms with E-state index in [4.69, 9.17) is 4.74 Å². The minimum absolute atomic E-state index is 0.0219. The molecule has 4 N–H and O–H groups in total. The van der Waals surface area contributed by atoms with Crippen molar-refractivity contribution in [1.29, 1.82) is 0 Å². The van der Waals surface area contributed by atoms with Crippen LogP contribution in [-0.4, -0.2) is 85.1 Å². The lowest BCUT2D eigenvalue weighted by molar-refractivity contribution is -0.133. The molecule has 0 bridgehead atoms. The number of hydrogen-bond acceptors (Lipinski definition) is 5. The lowest BCUT2D eigenvalue weighted by atomic mass is 9.95. The molecular formula is C25H36N6O5. The molecule has 1 aromatic carbocycles. The molecule has 196 valence electrons. The molecule has 36 heavy (non-hydrogen) atoms.